The van der Waals surface area contributed by atoms with Crippen LogP contribution in [0, 0.1) is 12.8 Å². The van der Waals surface area contributed by atoms with Crippen molar-refractivity contribution in [1.29, 1.82) is 0 Å². The zero-order valence-electron chi connectivity index (χ0n) is 11.9. The summed E-state index contributed by atoms with van der Waals surface area (Å²) in [6.07, 6.45) is 7.79. The molecule has 0 bridgehead atoms. The molecular formula is C13H17N7S. The number of rotatable bonds is 3. The van der Waals surface area contributed by atoms with Crippen molar-refractivity contribution >= 4 is 21.4 Å². The second kappa shape index (κ2) is 5.10. The fourth-order valence-electron chi connectivity index (χ4n) is 2.91. The number of anilines is 1. The van der Waals surface area contributed by atoms with E-state index in [4.69, 9.17) is 0 Å². The van der Waals surface area contributed by atoms with E-state index >= 15 is 0 Å². The van der Waals surface area contributed by atoms with Crippen molar-refractivity contribution in [1.82, 2.24) is 29.4 Å². The first-order valence-electron chi connectivity index (χ1n) is 7.18. The Morgan fingerprint density at radius 3 is 3.19 bits per heavy atom. The number of hydrogen-bond acceptors (Lipinski definition) is 6. The standard InChI is InChI=1S/C13H17N7S/c1-10-5-20-12(16-10)21-13(17-20)18-4-2-3-11(6-18)7-19-9-14-8-15-19/h5,8-9,11H,2-4,6-7H2,1H3. The smallest absolute Gasteiger partial charge is 0.214 e. The summed E-state index contributed by atoms with van der Waals surface area (Å²) in [7, 11) is 0. The van der Waals surface area contributed by atoms with E-state index in [1.54, 1.807) is 24.0 Å². The summed E-state index contributed by atoms with van der Waals surface area (Å²) in [5, 5.41) is 9.93. The van der Waals surface area contributed by atoms with Gasteiger partial charge in [-0.05, 0) is 25.7 Å². The number of piperidine rings is 1. The number of aromatic nitrogens is 6. The lowest BCUT2D eigenvalue weighted by atomic mass is 9.98. The molecule has 1 aliphatic heterocycles. The van der Waals surface area contributed by atoms with Crippen molar-refractivity contribution in [3.63, 3.8) is 0 Å². The highest BCUT2D eigenvalue weighted by molar-refractivity contribution is 7.20. The van der Waals surface area contributed by atoms with Crippen LogP contribution in [0.1, 0.15) is 18.5 Å². The maximum absolute atomic E-state index is 4.65. The molecule has 0 N–H and O–H groups in total. The van der Waals surface area contributed by atoms with Crippen LogP contribution in [0.15, 0.2) is 18.9 Å². The van der Waals surface area contributed by atoms with Crippen molar-refractivity contribution in [2.45, 2.75) is 26.3 Å². The Balaban J connectivity index is 1.50. The normalized spacial score (nSPS) is 19.5. The van der Waals surface area contributed by atoms with Gasteiger partial charge in [-0.3, -0.25) is 4.68 Å². The molecule has 3 aromatic heterocycles. The zero-order chi connectivity index (χ0) is 14.2. The molecule has 0 aromatic carbocycles. The molecule has 8 heteroatoms. The summed E-state index contributed by atoms with van der Waals surface area (Å²) >= 11 is 1.67. The summed E-state index contributed by atoms with van der Waals surface area (Å²) in [5.74, 6) is 0.596. The quantitative estimate of drug-likeness (QED) is 0.735. The SMILES string of the molecule is Cc1cn2nc(N3CCCC(Cn4cncn4)C3)sc2n1. The van der Waals surface area contributed by atoms with E-state index in [0.29, 0.717) is 5.92 Å². The minimum Gasteiger partial charge on any atom is -0.346 e. The highest BCUT2D eigenvalue weighted by atomic mass is 32.1. The van der Waals surface area contributed by atoms with E-state index in [2.05, 4.69) is 25.1 Å². The predicted molar refractivity (Wildman–Crippen MR) is 80.6 cm³/mol. The average Bonchev–Trinajstić information content (AvgIpc) is 3.15. The third-order valence-corrected chi connectivity index (χ3v) is 4.84. The lowest BCUT2D eigenvalue weighted by Gasteiger charge is -2.32. The summed E-state index contributed by atoms with van der Waals surface area (Å²) < 4.78 is 3.81. The highest BCUT2D eigenvalue weighted by Gasteiger charge is 2.23. The van der Waals surface area contributed by atoms with Gasteiger partial charge in [-0.1, -0.05) is 11.3 Å². The van der Waals surface area contributed by atoms with Gasteiger partial charge >= 0.3 is 0 Å². The van der Waals surface area contributed by atoms with Crippen molar-refractivity contribution < 1.29 is 0 Å². The number of nitrogens with zero attached hydrogens (tertiary/aromatic N) is 7. The first-order valence-corrected chi connectivity index (χ1v) is 8.00. The van der Waals surface area contributed by atoms with Gasteiger partial charge < -0.3 is 4.90 Å². The fourth-order valence-corrected chi connectivity index (χ4v) is 3.87. The van der Waals surface area contributed by atoms with Gasteiger partial charge in [0.2, 0.25) is 10.1 Å². The van der Waals surface area contributed by atoms with E-state index < -0.39 is 0 Å². The minimum absolute atomic E-state index is 0.596. The Bertz CT molecular complexity index is 697. The molecule has 0 spiro atoms. The molecule has 1 aliphatic rings. The summed E-state index contributed by atoms with van der Waals surface area (Å²) in [5.41, 5.74) is 1.02. The van der Waals surface area contributed by atoms with E-state index in [-0.39, 0.29) is 0 Å². The van der Waals surface area contributed by atoms with Gasteiger partial charge in [0.05, 0.1) is 11.9 Å². The molecule has 0 aliphatic carbocycles. The maximum Gasteiger partial charge on any atom is 0.214 e. The molecule has 110 valence electrons. The van der Waals surface area contributed by atoms with Crippen molar-refractivity contribution in [3.8, 4) is 0 Å². The monoisotopic (exact) mass is 303 g/mol. The Morgan fingerprint density at radius 2 is 2.38 bits per heavy atom. The Labute approximate surface area is 126 Å². The van der Waals surface area contributed by atoms with Gasteiger partial charge in [0.25, 0.3) is 0 Å². The number of hydrogen-bond donors (Lipinski definition) is 0. The number of aryl methyl sites for hydroxylation is 1. The summed E-state index contributed by atoms with van der Waals surface area (Å²) in [6.45, 7) is 5.02. The van der Waals surface area contributed by atoms with Gasteiger partial charge in [-0.2, -0.15) is 5.10 Å². The molecule has 3 aromatic rings. The zero-order valence-corrected chi connectivity index (χ0v) is 12.7. The minimum atomic E-state index is 0.596. The van der Waals surface area contributed by atoms with Crippen LogP contribution in [-0.2, 0) is 6.54 Å². The average molecular weight is 303 g/mol. The second-order valence-electron chi connectivity index (χ2n) is 5.57. The molecular weight excluding hydrogens is 286 g/mol. The van der Waals surface area contributed by atoms with Crippen molar-refractivity contribution in [2.24, 2.45) is 5.92 Å². The third kappa shape index (κ3) is 2.51. The molecule has 1 unspecified atom stereocenters. The molecule has 4 heterocycles. The van der Waals surface area contributed by atoms with Crippen LogP contribution < -0.4 is 4.90 Å². The lowest BCUT2D eigenvalue weighted by Crippen LogP contribution is -2.37. The van der Waals surface area contributed by atoms with Crippen LogP contribution >= 0.6 is 11.3 Å². The summed E-state index contributed by atoms with van der Waals surface area (Å²) in [6, 6.07) is 0. The first-order chi connectivity index (χ1) is 10.3. The molecule has 1 saturated heterocycles. The molecule has 4 rings (SSSR count). The fraction of sp³-hybridized carbons (Fsp3) is 0.538. The van der Waals surface area contributed by atoms with Crippen molar-refractivity contribution in [2.75, 3.05) is 18.0 Å². The molecule has 0 amide bonds. The largest absolute Gasteiger partial charge is 0.346 e. The topological polar surface area (TPSA) is 64.1 Å². The van der Waals surface area contributed by atoms with Gasteiger partial charge in [-0.25, -0.2) is 14.5 Å². The second-order valence-corrected chi connectivity index (χ2v) is 6.50. The number of fused-ring (bicyclic) bond motifs is 1. The Morgan fingerprint density at radius 1 is 1.43 bits per heavy atom. The molecule has 21 heavy (non-hydrogen) atoms. The van der Waals surface area contributed by atoms with Crippen LogP contribution in [0.2, 0.25) is 0 Å². The molecule has 1 atom stereocenters. The van der Waals surface area contributed by atoms with Gasteiger partial charge in [0, 0.05) is 19.6 Å². The van der Waals surface area contributed by atoms with Gasteiger partial charge in [-0.15, -0.1) is 5.10 Å². The van der Waals surface area contributed by atoms with E-state index in [1.165, 1.54) is 12.8 Å². The Hall–Kier alpha value is -1.96. The maximum atomic E-state index is 4.65. The summed E-state index contributed by atoms with van der Waals surface area (Å²) in [4.78, 5) is 11.8. The van der Waals surface area contributed by atoms with E-state index in [0.717, 1.165) is 35.4 Å². The van der Waals surface area contributed by atoms with Crippen LogP contribution in [0.4, 0.5) is 5.13 Å². The first kappa shape index (κ1) is 12.8. The molecule has 0 saturated carbocycles. The third-order valence-electron chi connectivity index (χ3n) is 3.85. The molecule has 0 radical (unpaired) electrons. The van der Waals surface area contributed by atoms with Gasteiger partial charge in [0.15, 0.2) is 0 Å². The van der Waals surface area contributed by atoms with Crippen LogP contribution in [0.5, 0.6) is 0 Å². The van der Waals surface area contributed by atoms with Crippen LogP contribution in [0.25, 0.3) is 4.96 Å². The van der Waals surface area contributed by atoms with Crippen LogP contribution in [-0.4, -0.2) is 42.5 Å². The predicted octanol–water partition coefficient (Wildman–Crippen LogP) is 1.61. The lowest BCUT2D eigenvalue weighted by molar-refractivity contribution is 0.351. The molecule has 1 fully saturated rings. The van der Waals surface area contributed by atoms with E-state index in [9.17, 15) is 0 Å². The molecule has 7 nitrogen and oxygen atoms in total. The highest BCUT2D eigenvalue weighted by Crippen LogP contribution is 2.28. The number of imidazole rings is 1. The van der Waals surface area contributed by atoms with E-state index in [1.807, 2.05) is 22.3 Å². The van der Waals surface area contributed by atoms with Crippen molar-refractivity contribution in [3.05, 3.63) is 24.5 Å². The Kier molecular flexibility index (Phi) is 3.10. The van der Waals surface area contributed by atoms with Crippen LogP contribution in [0.3, 0.4) is 0 Å². The van der Waals surface area contributed by atoms with Gasteiger partial charge in [0.1, 0.15) is 12.7 Å².